The Morgan fingerprint density at radius 2 is 2.00 bits per heavy atom. The van der Waals surface area contributed by atoms with E-state index >= 15 is 0 Å². The van der Waals surface area contributed by atoms with Crippen molar-refractivity contribution in [3.63, 3.8) is 0 Å². The topological polar surface area (TPSA) is 101 Å². The number of fused-ring (bicyclic) bond motifs is 1. The predicted molar refractivity (Wildman–Crippen MR) is 67.8 cm³/mol. The standard InChI is InChI=1S/C12H13NO5S/c1-6-3-7(2)11-8(4-6)19(17,18)9(5-10(14)15)12(16)13-11/h3-4,9H,5H2,1-2H3,(H,13,16)(H,14,15). The number of aliphatic carboxylic acids is 1. The highest BCUT2D eigenvalue weighted by Crippen LogP contribution is 2.34. The van der Waals surface area contributed by atoms with Gasteiger partial charge in [0.2, 0.25) is 5.91 Å². The summed E-state index contributed by atoms with van der Waals surface area (Å²) in [5.74, 6) is -2.11. The van der Waals surface area contributed by atoms with E-state index in [2.05, 4.69) is 5.32 Å². The fourth-order valence-corrected chi connectivity index (χ4v) is 4.03. The Morgan fingerprint density at radius 1 is 1.37 bits per heavy atom. The van der Waals surface area contributed by atoms with Gasteiger partial charge in [0.05, 0.1) is 17.0 Å². The lowest BCUT2D eigenvalue weighted by atomic mass is 10.1. The molecule has 1 aliphatic heterocycles. The minimum atomic E-state index is -3.96. The first-order valence-electron chi connectivity index (χ1n) is 5.61. The van der Waals surface area contributed by atoms with Gasteiger partial charge in [-0.2, -0.15) is 0 Å². The molecule has 0 saturated heterocycles. The second kappa shape index (κ2) is 4.34. The molecule has 0 bridgehead atoms. The number of carboxylic acids is 1. The highest BCUT2D eigenvalue weighted by atomic mass is 32.2. The van der Waals surface area contributed by atoms with Crippen LogP contribution in [0.3, 0.4) is 0 Å². The molecular formula is C12H13NO5S. The van der Waals surface area contributed by atoms with Crippen LogP contribution >= 0.6 is 0 Å². The van der Waals surface area contributed by atoms with Gasteiger partial charge >= 0.3 is 5.97 Å². The number of benzene rings is 1. The second-order valence-corrected chi connectivity index (χ2v) is 6.67. The Bertz CT molecular complexity index is 678. The molecule has 1 heterocycles. The maximum absolute atomic E-state index is 12.3. The molecule has 2 rings (SSSR count). The number of carbonyl (C=O) groups excluding carboxylic acids is 1. The second-order valence-electron chi connectivity index (χ2n) is 4.58. The number of anilines is 1. The fourth-order valence-electron chi connectivity index (χ4n) is 2.17. The first-order chi connectivity index (χ1) is 8.73. The molecule has 1 unspecified atom stereocenters. The Balaban J connectivity index is 2.65. The van der Waals surface area contributed by atoms with Crippen molar-refractivity contribution in [2.24, 2.45) is 0 Å². The highest BCUT2D eigenvalue weighted by Gasteiger charge is 2.42. The number of aryl methyl sites for hydroxylation is 2. The number of carboxylic acid groups (broad SMARTS) is 1. The lowest BCUT2D eigenvalue weighted by Crippen LogP contribution is -2.41. The van der Waals surface area contributed by atoms with Crippen molar-refractivity contribution in [2.45, 2.75) is 30.4 Å². The monoisotopic (exact) mass is 283 g/mol. The molecule has 1 aromatic carbocycles. The number of carbonyl (C=O) groups is 2. The molecule has 2 N–H and O–H groups in total. The summed E-state index contributed by atoms with van der Waals surface area (Å²) in [5.41, 5.74) is 1.63. The molecule has 1 aromatic rings. The number of nitrogens with one attached hydrogen (secondary N) is 1. The van der Waals surface area contributed by atoms with Crippen LogP contribution in [0, 0.1) is 13.8 Å². The molecule has 1 atom stereocenters. The highest BCUT2D eigenvalue weighted by molar-refractivity contribution is 7.93. The zero-order chi connectivity index (χ0) is 14.4. The first-order valence-corrected chi connectivity index (χ1v) is 7.16. The van der Waals surface area contributed by atoms with Gasteiger partial charge in [-0.25, -0.2) is 8.42 Å². The van der Waals surface area contributed by atoms with Gasteiger partial charge in [-0.15, -0.1) is 0 Å². The van der Waals surface area contributed by atoms with Crippen molar-refractivity contribution in [2.75, 3.05) is 5.32 Å². The minimum absolute atomic E-state index is 0.00384. The smallest absolute Gasteiger partial charge is 0.305 e. The molecular weight excluding hydrogens is 270 g/mol. The Hall–Kier alpha value is -1.89. The molecule has 6 nitrogen and oxygen atoms in total. The number of hydrogen-bond donors (Lipinski definition) is 2. The Labute approximate surface area is 110 Å². The molecule has 0 radical (unpaired) electrons. The van der Waals surface area contributed by atoms with Gasteiger partial charge in [0.25, 0.3) is 0 Å². The summed E-state index contributed by atoms with van der Waals surface area (Å²) in [6, 6.07) is 3.21. The van der Waals surface area contributed by atoms with Gasteiger partial charge in [-0.3, -0.25) is 9.59 Å². The van der Waals surface area contributed by atoms with Gasteiger partial charge in [0.15, 0.2) is 15.1 Å². The van der Waals surface area contributed by atoms with Crippen LogP contribution in [-0.2, 0) is 19.4 Å². The maximum atomic E-state index is 12.3. The average Bonchev–Trinajstić information content (AvgIpc) is 2.26. The quantitative estimate of drug-likeness (QED) is 0.838. The maximum Gasteiger partial charge on any atom is 0.305 e. The van der Waals surface area contributed by atoms with Gasteiger partial charge < -0.3 is 10.4 Å². The number of hydrogen-bond acceptors (Lipinski definition) is 4. The predicted octanol–water partition coefficient (Wildman–Crippen LogP) is 0.873. The largest absolute Gasteiger partial charge is 0.481 e. The van der Waals surface area contributed by atoms with Crippen molar-refractivity contribution in [3.8, 4) is 0 Å². The number of sulfone groups is 1. The molecule has 1 amide bonds. The molecule has 7 heteroatoms. The van der Waals surface area contributed by atoms with E-state index in [0.717, 1.165) is 5.56 Å². The summed E-state index contributed by atoms with van der Waals surface area (Å²) in [4.78, 5) is 22.5. The normalized spacial score (nSPS) is 20.5. The van der Waals surface area contributed by atoms with E-state index in [1.54, 1.807) is 19.9 Å². The van der Waals surface area contributed by atoms with Gasteiger partial charge in [0.1, 0.15) is 0 Å². The summed E-state index contributed by atoms with van der Waals surface area (Å²) in [7, 11) is -3.96. The molecule has 0 saturated carbocycles. The molecule has 0 aliphatic carbocycles. The number of rotatable bonds is 2. The Morgan fingerprint density at radius 3 is 2.58 bits per heavy atom. The van der Waals surface area contributed by atoms with E-state index < -0.39 is 33.4 Å². The van der Waals surface area contributed by atoms with Crippen molar-refractivity contribution in [1.29, 1.82) is 0 Å². The van der Waals surface area contributed by atoms with E-state index in [0.29, 0.717) is 5.56 Å². The van der Waals surface area contributed by atoms with Crippen LogP contribution in [0.2, 0.25) is 0 Å². The van der Waals surface area contributed by atoms with Crippen LogP contribution in [-0.4, -0.2) is 30.7 Å². The molecule has 19 heavy (non-hydrogen) atoms. The third-order valence-corrected chi connectivity index (χ3v) is 5.09. The zero-order valence-electron chi connectivity index (χ0n) is 10.4. The van der Waals surface area contributed by atoms with Gasteiger partial charge in [-0.05, 0) is 31.0 Å². The fraction of sp³-hybridized carbons (Fsp3) is 0.333. The molecule has 0 aromatic heterocycles. The van der Waals surface area contributed by atoms with Crippen molar-refractivity contribution >= 4 is 27.4 Å². The third kappa shape index (κ3) is 2.21. The number of amides is 1. The van der Waals surface area contributed by atoms with E-state index in [9.17, 15) is 18.0 Å². The van der Waals surface area contributed by atoms with Crippen LogP contribution in [0.1, 0.15) is 17.5 Å². The summed E-state index contributed by atoms with van der Waals surface area (Å²) < 4.78 is 24.7. The molecule has 0 spiro atoms. The lowest BCUT2D eigenvalue weighted by molar-refractivity contribution is -0.138. The lowest BCUT2D eigenvalue weighted by Gasteiger charge is -2.25. The molecule has 1 aliphatic rings. The van der Waals surface area contributed by atoms with Crippen LogP contribution in [0.15, 0.2) is 17.0 Å². The summed E-state index contributed by atoms with van der Waals surface area (Å²) >= 11 is 0. The Kier molecular flexibility index (Phi) is 3.09. The molecule has 102 valence electrons. The SMILES string of the molecule is Cc1cc(C)c2c(c1)S(=O)(=O)C(CC(=O)O)C(=O)N2. The summed E-state index contributed by atoms with van der Waals surface area (Å²) in [6.07, 6.45) is -0.736. The van der Waals surface area contributed by atoms with Crippen LogP contribution in [0.25, 0.3) is 0 Å². The van der Waals surface area contributed by atoms with E-state index in [4.69, 9.17) is 5.11 Å². The van der Waals surface area contributed by atoms with Crippen molar-refractivity contribution in [3.05, 3.63) is 23.3 Å². The van der Waals surface area contributed by atoms with E-state index in [1.165, 1.54) is 6.07 Å². The van der Waals surface area contributed by atoms with E-state index in [1.807, 2.05) is 0 Å². The van der Waals surface area contributed by atoms with Crippen molar-refractivity contribution in [1.82, 2.24) is 0 Å². The molecule has 0 fully saturated rings. The van der Waals surface area contributed by atoms with Crippen molar-refractivity contribution < 1.29 is 23.1 Å². The van der Waals surface area contributed by atoms with Gasteiger partial charge in [0, 0.05) is 0 Å². The van der Waals surface area contributed by atoms with Gasteiger partial charge in [-0.1, -0.05) is 6.07 Å². The summed E-state index contributed by atoms with van der Waals surface area (Å²) in [6.45, 7) is 3.44. The third-order valence-electron chi connectivity index (χ3n) is 3.03. The van der Waals surface area contributed by atoms with E-state index in [-0.39, 0.29) is 10.6 Å². The van der Waals surface area contributed by atoms with Crippen LogP contribution in [0.5, 0.6) is 0 Å². The zero-order valence-corrected chi connectivity index (χ0v) is 11.2. The van der Waals surface area contributed by atoms with Crippen LogP contribution < -0.4 is 5.32 Å². The minimum Gasteiger partial charge on any atom is -0.481 e. The summed E-state index contributed by atoms with van der Waals surface area (Å²) in [5, 5.41) is 9.64. The van der Waals surface area contributed by atoms with Crippen LogP contribution in [0.4, 0.5) is 5.69 Å². The average molecular weight is 283 g/mol. The first kappa shape index (κ1) is 13.5.